The number of benzene rings is 2. The van der Waals surface area contributed by atoms with Gasteiger partial charge in [-0.05, 0) is 28.8 Å². The van der Waals surface area contributed by atoms with Crippen LogP contribution < -0.4 is 15.8 Å². The summed E-state index contributed by atoms with van der Waals surface area (Å²) in [5, 5.41) is 21.7. The van der Waals surface area contributed by atoms with Gasteiger partial charge in [0, 0.05) is 18.7 Å². The van der Waals surface area contributed by atoms with Gasteiger partial charge in [0.05, 0.1) is 11.9 Å². The van der Waals surface area contributed by atoms with E-state index < -0.39 is 42.9 Å². The van der Waals surface area contributed by atoms with Crippen LogP contribution in [0.5, 0.6) is 0 Å². The SMILES string of the molecule is CCCC1NCC(C(=O)O)(C(F)(F)C(F)(F)F)N1Cc1ccc(-c2ccccc2N2CNN=N2)cc1. The average Bonchev–Trinajstić information content (AvgIpc) is 3.49. The van der Waals surface area contributed by atoms with E-state index in [1.54, 1.807) is 36.2 Å². The zero-order chi connectivity index (χ0) is 26.1. The second kappa shape index (κ2) is 9.62. The molecule has 3 N–H and O–H groups in total. The van der Waals surface area contributed by atoms with Crippen molar-refractivity contribution >= 4 is 11.7 Å². The number of carboxylic acids is 1. The molecule has 2 aromatic rings. The van der Waals surface area contributed by atoms with Crippen LogP contribution in [0, 0.1) is 0 Å². The number of nitrogens with one attached hydrogen (secondary N) is 2. The van der Waals surface area contributed by atoms with Gasteiger partial charge in [0.1, 0.15) is 6.67 Å². The van der Waals surface area contributed by atoms with Crippen LogP contribution in [-0.4, -0.2) is 53.0 Å². The highest BCUT2D eigenvalue weighted by molar-refractivity contribution is 5.82. The second-order valence-electron chi connectivity index (χ2n) is 8.67. The molecule has 0 saturated carbocycles. The number of nitrogens with zero attached hydrogens (tertiary/aromatic N) is 4. The number of anilines is 1. The molecule has 2 aliphatic heterocycles. The first-order valence-electron chi connectivity index (χ1n) is 11.3. The molecule has 2 aliphatic rings. The molecular weight excluding hydrogens is 487 g/mol. The third-order valence-electron chi connectivity index (χ3n) is 6.50. The molecule has 1 saturated heterocycles. The quantitative estimate of drug-likeness (QED) is 0.450. The van der Waals surface area contributed by atoms with Crippen LogP contribution in [0.25, 0.3) is 11.1 Å². The highest BCUT2D eigenvalue weighted by Crippen LogP contribution is 2.49. The molecule has 0 bridgehead atoms. The van der Waals surface area contributed by atoms with Crippen molar-refractivity contribution in [2.24, 2.45) is 10.4 Å². The fraction of sp³-hybridized carbons (Fsp3) is 0.435. The first-order valence-corrected chi connectivity index (χ1v) is 11.3. The molecule has 4 rings (SSSR count). The van der Waals surface area contributed by atoms with Gasteiger partial charge in [0.15, 0.2) is 0 Å². The lowest BCUT2D eigenvalue weighted by atomic mass is 9.88. The molecule has 13 heteroatoms. The van der Waals surface area contributed by atoms with Gasteiger partial charge in [-0.2, -0.15) is 22.0 Å². The number of hydrogen-bond donors (Lipinski definition) is 3. The van der Waals surface area contributed by atoms with Crippen LogP contribution in [0.4, 0.5) is 27.6 Å². The van der Waals surface area contributed by atoms with Gasteiger partial charge in [0.25, 0.3) is 0 Å². The largest absolute Gasteiger partial charge is 0.480 e. The highest BCUT2D eigenvalue weighted by atomic mass is 19.4. The maximum atomic E-state index is 14.8. The number of halogens is 5. The van der Waals surface area contributed by atoms with E-state index in [4.69, 9.17) is 0 Å². The van der Waals surface area contributed by atoms with E-state index in [-0.39, 0.29) is 6.42 Å². The van der Waals surface area contributed by atoms with Gasteiger partial charge in [-0.15, -0.1) is 0 Å². The van der Waals surface area contributed by atoms with Crippen molar-refractivity contribution in [2.75, 3.05) is 18.2 Å². The number of carbonyl (C=O) groups is 1. The van der Waals surface area contributed by atoms with E-state index in [0.29, 0.717) is 18.7 Å². The maximum absolute atomic E-state index is 14.8. The van der Waals surface area contributed by atoms with Gasteiger partial charge in [0.2, 0.25) is 5.54 Å². The average molecular weight is 512 g/mol. The second-order valence-corrected chi connectivity index (χ2v) is 8.67. The molecule has 0 amide bonds. The number of alkyl halides is 5. The molecule has 2 atom stereocenters. The van der Waals surface area contributed by atoms with Gasteiger partial charge in [-0.3, -0.25) is 15.6 Å². The van der Waals surface area contributed by atoms with E-state index in [1.165, 1.54) is 0 Å². The maximum Gasteiger partial charge on any atom is 0.456 e. The van der Waals surface area contributed by atoms with Crippen LogP contribution in [0.2, 0.25) is 0 Å². The van der Waals surface area contributed by atoms with Crippen molar-refractivity contribution in [1.29, 1.82) is 0 Å². The number of aliphatic carboxylic acids is 1. The molecule has 0 radical (unpaired) electrons. The van der Waals surface area contributed by atoms with Gasteiger partial charge in [-0.25, -0.2) is 9.80 Å². The summed E-state index contributed by atoms with van der Waals surface area (Å²) in [5.74, 6) is -7.71. The Labute approximate surface area is 203 Å². The predicted molar refractivity (Wildman–Crippen MR) is 121 cm³/mol. The van der Waals surface area contributed by atoms with Crippen LogP contribution in [0.1, 0.15) is 25.3 Å². The predicted octanol–water partition coefficient (Wildman–Crippen LogP) is 4.56. The Morgan fingerprint density at radius 1 is 1.14 bits per heavy atom. The molecular formula is C23H25F5N6O2. The summed E-state index contributed by atoms with van der Waals surface area (Å²) in [6, 6.07) is 14.0. The lowest BCUT2D eigenvalue weighted by molar-refractivity contribution is -0.320. The van der Waals surface area contributed by atoms with Crippen molar-refractivity contribution in [3.8, 4) is 11.1 Å². The van der Waals surface area contributed by atoms with Crippen molar-refractivity contribution in [2.45, 2.75) is 50.1 Å². The van der Waals surface area contributed by atoms with Crippen molar-refractivity contribution in [3.05, 3.63) is 54.1 Å². The van der Waals surface area contributed by atoms with E-state index in [2.05, 4.69) is 21.2 Å². The lowest BCUT2D eigenvalue weighted by Gasteiger charge is -2.42. The normalized spacial score (nSPS) is 22.7. The summed E-state index contributed by atoms with van der Waals surface area (Å²) < 4.78 is 69.8. The number of rotatable bonds is 8. The van der Waals surface area contributed by atoms with Crippen molar-refractivity contribution in [1.82, 2.24) is 15.6 Å². The molecule has 36 heavy (non-hydrogen) atoms. The van der Waals surface area contributed by atoms with Gasteiger partial charge < -0.3 is 5.11 Å². The van der Waals surface area contributed by atoms with E-state index in [0.717, 1.165) is 21.7 Å². The minimum atomic E-state index is -6.04. The van der Waals surface area contributed by atoms with Crippen molar-refractivity contribution < 1.29 is 31.9 Å². The number of carboxylic acid groups (broad SMARTS) is 1. The third-order valence-corrected chi connectivity index (χ3v) is 6.50. The minimum absolute atomic E-state index is 0.201. The number of hydrogen-bond acceptors (Lipinski definition) is 7. The molecule has 0 aromatic heterocycles. The standard InChI is InChI=1S/C23H25F5N6O2/c1-2-5-19-29-13-21(20(35)36,22(24,25)23(26,27)28)33(19)12-15-8-10-16(11-9-15)17-6-3-4-7-18(17)34-14-30-31-32-34/h3-4,6-11,19,29H,2,5,12-14H2,1H3,(H,30,32)(H,35,36). The topological polar surface area (TPSA) is 92.6 Å². The fourth-order valence-corrected chi connectivity index (χ4v) is 4.66. The molecule has 2 aromatic carbocycles. The number of para-hydroxylation sites is 1. The minimum Gasteiger partial charge on any atom is -0.480 e. The van der Waals surface area contributed by atoms with E-state index in [1.807, 2.05) is 24.3 Å². The molecule has 0 spiro atoms. The summed E-state index contributed by atoms with van der Waals surface area (Å²) in [7, 11) is 0. The Kier molecular flexibility index (Phi) is 6.88. The summed E-state index contributed by atoms with van der Waals surface area (Å²) in [6.45, 7) is 0.663. The third kappa shape index (κ3) is 4.26. The summed E-state index contributed by atoms with van der Waals surface area (Å²) >= 11 is 0. The zero-order valence-electron chi connectivity index (χ0n) is 19.3. The van der Waals surface area contributed by atoms with Crippen LogP contribution >= 0.6 is 0 Å². The summed E-state index contributed by atoms with van der Waals surface area (Å²) in [5.41, 5.74) is 1.98. The Morgan fingerprint density at radius 3 is 2.42 bits per heavy atom. The first kappa shape index (κ1) is 25.8. The Morgan fingerprint density at radius 2 is 1.83 bits per heavy atom. The Balaban J connectivity index is 1.67. The highest BCUT2D eigenvalue weighted by Gasteiger charge is 2.77. The zero-order valence-corrected chi connectivity index (χ0v) is 19.3. The van der Waals surface area contributed by atoms with E-state index >= 15 is 0 Å². The summed E-state index contributed by atoms with van der Waals surface area (Å²) in [6.07, 6.45) is -6.35. The first-order chi connectivity index (χ1) is 17.0. The molecule has 194 valence electrons. The molecule has 2 unspecified atom stereocenters. The summed E-state index contributed by atoms with van der Waals surface area (Å²) in [4.78, 5) is 12.8. The molecule has 1 fully saturated rings. The smallest absolute Gasteiger partial charge is 0.456 e. The molecule has 8 nitrogen and oxygen atoms in total. The lowest BCUT2D eigenvalue weighted by Crippen LogP contribution is -2.69. The van der Waals surface area contributed by atoms with E-state index in [9.17, 15) is 31.9 Å². The van der Waals surface area contributed by atoms with Gasteiger partial charge >= 0.3 is 18.1 Å². The Bertz CT molecular complexity index is 1130. The van der Waals surface area contributed by atoms with Crippen LogP contribution in [-0.2, 0) is 11.3 Å². The Hall–Kier alpha value is -3.32. The fourth-order valence-electron chi connectivity index (χ4n) is 4.66. The molecule has 0 aliphatic carbocycles. The van der Waals surface area contributed by atoms with Crippen LogP contribution in [0.3, 0.4) is 0 Å². The van der Waals surface area contributed by atoms with Gasteiger partial charge in [-0.1, -0.05) is 61.0 Å². The van der Waals surface area contributed by atoms with Crippen LogP contribution in [0.15, 0.2) is 59.0 Å². The van der Waals surface area contributed by atoms with Crippen molar-refractivity contribution in [3.63, 3.8) is 0 Å². The molecule has 2 heterocycles. The monoisotopic (exact) mass is 512 g/mol.